The summed E-state index contributed by atoms with van der Waals surface area (Å²) in [6, 6.07) is 7.22. The van der Waals surface area contributed by atoms with Crippen LogP contribution in [-0.2, 0) is 4.74 Å². The molecule has 1 aromatic carbocycles. The summed E-state index contributed by atoms with van der Waals surface area (Å²) in [6.07, 6.45) is 3.36. The van der Waals surface area contributed by atoms with Crippen molar-refractivity contribution < 1.29 is 9.53 Å². The van der Waals surface area contributed by atoms with Gasteiger partial charge in [-0.15, -0.1) is 0 Å². The molecule has 0 radical (unpaired) electrons. The minimum absolute atomic E-state index is 0.0424. The third-order valence-electron chi connectivity index (χ3n) is 2.84. The van der Waals surface area contributed by atoms with Crippen LogP contribution in [0, 0.1) is 0 Å². The van der Waals surface area contributed by atoms with Crippen LogP contribution in [0.2, 0.25) is 0 Å². The molecule has 0 spiro atoms. The summed E-state index contributed by atoms with van der Waals surface area (Å²) in [7, 11) is 0. The van der Waals surface area contributed by atoms with Crippen molar-refractivity contribution in [3.8, 4) is 11.4 Å². The molecule has 0 N–H and O–H groups in total. The van der Waals surface area contributed by atoms with Gasteiger partial charge in [-0.3, -0.25) is 4.79 Å². The highest BCUT2D eigenvalue weighted by Crippen LogP contribution is 2.18. The number of carbonyl (C=O) groups excluding carboxylic acids is 1. The van der Waals surface area contributed by atoms with Crippen molar-refractivity contribution >= 4 is 11.5 Å². The molecule has 1 heterocycles. The van der Waals surface area contributed by atoms with Crippen molar-refractivity contribution in [3.63, 3.8) is 0 Å². The van der Waals surface area contributed by atoms with Crippen LogP contribution >= 0.6 is 0 Å². The van der Waals surface area contributed by atoms with Crippen LogP contribution in [0.1, 0.15) is 29.8 Å². The number of carbonyl (C=O) groups is 1. The van der Waals surface area contributed by atoms with Crippen LogP contribution in [0.25, 0.3) is 17.1 Å². The van der Waals surface area contributed by atoms with E-state index in [1.54, 1.807) is 31.5 Å². The predicted molar refractivity (Wildman–Crippen MR) is 78.1 cm³/mol. The lowest BCUT2D eigenvalue weighted by Gasteiger charge is -2.07. The van der Waals surface area contributed by atoms with E-state index in [0.29, 0.717) is 23.8 Å². The van der Waals surface area contributed by atoms with Gasteiger partial charge in [0.15, 0.2) is 11.6 Å². The van der Waals surface area contributed by atoms with E-state index in [4.69, 9.17) is 4.74 Å². The van der Waals surface area contributed by atoms with Crippen LogP contribution < -0.4 is 0 Å². The Morgan fingerprint density at radius 1 is 1.15 bits per heavy atom. The molecule has 0 bridgehead atoms. The Bertz CT molecular complexity index is 616. The van der Waals surface area contributed by atoms with Gasteiger partial charge in [0.05, 0.1) is 12.2 Å². The molecule has 0 amide bonds. The van der Waals surface area contributed by atoms with E-state index >= 15 is 0 Å². The van der Waals surface area contributed by atoms with Crippen LogP contribution in [0.15, 0.2) is 43.2 Å². The van der Waals surface area contributed by atoms with Gasteiger partial charge in [0.2, 0.25) is 0 Å². The monoisotopic (exact) mass is 268 g/mol. The van der Waals surface area contributed by atoms with Gasteiger partial charge in [-0.1, -0.05) is 30.8 Å². The molecule has 2 rings (SSSR count). The molecule has 0 saturated heterocycles. The zero-order valence-corrected chi connectivity index (χ0v) is 11.6. The summed E-state index contributed by atoms with van der Waals surface area (Å²) in [5, 5.41) is 0. The quantitative estimate of drug-likeness (QED) is 0.616. The number of nitrogens with zero attached hydrogens (tertiary/aromatic N) is 2. The molecule has 4 nitrogen and oxygen atoms in total. The van der Waals surface area contributed by atoms with E-state index < -0.39 is 0 Å². The highest BCUT2D eigenvalue weighted by Gasteiger charge is 2.05. The van der Waals surface area contributed by atoms with E-state index in [1.807, 2.05) is 19.1 Å². The molecule has 0 aliphatic heterocycles. The Morgan fingerprint density at radius 3 is 2.25 bits per heavy atom. The van der Waals surface area contributed by atoms with E-state index in [9.17, 15) is 4.79 Å². The van der Waals surface area contributed by atoms with Crippen molar-refractivity contribution in [2.45, 2.75) is 13.8 Å². The molecule has 20 heavy (non-hydrogen) atoms. The largest absolute Gasteiger partial charge is 0.494 e. The molecule has 0 saturated carbocycles. The summed E-state index contributed by atoms with van der Waals surface area (Å²) >= 11 is 0. The van der Waals surface area contributed by atoms with E-state index in [1.165, 1.54) is 0 Å². The topological polar surface area (TPSA) is 52.1 Å². The minimum atomic E-state index is 0.0424. The zero-order valence-electron chi connectivity index (χ0n) is 11.6. The second-order valence-electron chi connectivity index (χ2n) is 4.29. The number of Topliss-reactive ketones (excluding diaryl/α,β-unsaturated/α-hetero) is 1. The van der Waals surface area contributed by atoms with Gasteiger partial charge in [-0.2, -0.15) is 0 Å². The first-order chi connectivity index (χ1) is 9.61. The fourth-order valence-corrected chi connectivity index (χ4v) is 1.73. The van der Waals surface area contributed by atoms with Crippen molar-refractivity contribution in [2.24, 2.45) is 0 Å². The van der Waals surface area contributed by atoms with E-state index in [0.717, 1.165) is 11.1 Å². The van der Waals surface area contributed by atoms with Crippen LogP contribution in [-0.4, -0.2) is 22.4 Å². The Morgan fingerprint density at radius 2 is 1.75 bits per heavy atom. The molecule has 102 valence electrons. The van der Waals surface area contributed by atoms with Crippen molar-refractivity contribution in [1.82, 2.24) is 9.97 Å². The average Bonchev–Trinajstić information content (AvgIpc) is 2.48. The van der Waals surface area contributed by atoms with Crippen molar-refractivity contribution in [2.75, 3.05) is 6.61 Å². The lowest BCUT2D eigenvalue weighted by atomic mass is 10.1. The second kappa shape index (κ2) is 6.10. The van der Waals surface area contributed by atoms with Gasteiger partial charge < -0.3 is 4.74 Å². The summed E-state index contributed by atoms with van der Waals surface area (Å²) in [6.45, 7) is 7.81. The first-order valence-corrected chi connectivity index (χ1v) is 6.37. The van der Waals surface area contributed by atoms with Gasteiger partial charge in [-0.25, -0.2) is 9.97 Å². The number of aromatic nitrogens is 2. The number of rotatable bonds is 5. The third-order valence-corrected chi connectivity index (χ3v) is 2.84. The smallest absolute Gasteiger partial charge is 0.159 e. The highest BCUT2D eigenvalue weighted by molar-refractivity contribution is 5.94. The Hall–Kier alpha value is -2.49. The highest BCUT2D eigenvalue weighted by atomic mass is 16.5. The summed E-state index contributed by atoms with van der Waals surface area (Å²) in [5.74, 6) is 1.21. The number of hydrogen-bond donors (Lipinski definition) is 0. The lowest BCUT2D eigenvalue weighted by Crippen LogP contribution is -1.96. The first kappa shape index (κ1) is 13.9. The molecule has 0 atom stereocenters. The Labute approximate surface area is 118 Å². The van der Waals surface area contributed by atoms with Gasteiger partial charge in [0.25, 0.3) is 0 Å². The van der Waals surface area contributed by atoms with Gasteiger partial charge in [0.1, 0.15) is 5.76 Å². The summed E-state index contributed by atoms with van der Waals surface area (Å²) in [5.41, 5.74) is 2.30. The zero-order chi connectivity index (χ0) is 14.5. The molecule has 0 fully saturated rings. The standard InChI is InChI=1S/C16H16N2O2/c1-4-20-12(3)15-9-17-16(18-10-15)14-7-5-13(6-8-14)11(2)19/h5-10H,3-4H2,1-2H3. The fourth-order valence-electron chi connectivity index (χ4n) is 1.73. The number of benzene rings is 1. The molecule has 0 aliphatic rings. The Kier molecular flexibility index (Phi) is 4.25. The second-order valence-corrected chi connectivity index (χ2v) is 4.29. The molecule has 4 heteroatoms. The van der Waals surface area contributed by atoms with Crippen LogP contribution in [0.4, 0.5) is 0 Å². The van der Waals surface area contributed by atoms with Crippen molar-refractivity contribution in [1.29, 1.82) is 0 Å². The molecule has 0 unspecified atom stereocenters. The minimum Gasteiger partial charge on any atom is -0.494 e. The maximum absolute atomic E-state index is 11.2. The number of hydrogen-bond acceptors (Lipinski definition) is 4. The van der Waals surface area contributed by atoms with Gasteiger partial charge in [0, 0.05) is 23.5 Å². The SMILES string of the molecule is C=C(OCC)c1cnc(-c2ccc(C(C)=O)cc2)nc1. The van der Waals surface area contributed by atoms with E-state index in [2.05, 4.69) is 16.5 Å². The lowest BCUT2D eigenvalue weighted by molar-refractivity contribution is 0.101. The van der Waals surface area contributed by atoms with Crippen LogP contribution in [0.5, 0.6) is 0 Å². The maximum Gasteiger partial charge on any atom is 0.159 e. The molecule has 0 aliphatic carbocycles. The molecule has 2 aromatic rings. The maximum atomic E-state index is 11.2. The third kappa shape index (κ3) is 3.09. The van der Waals surface area contributed by atoms with Crippen molar-refractivity contribution in [3.05, 3.63) is 54.4 Å². The Balaban J connectivity index is 2.21. The van der Waals surface area contributed by atoms with Crippen LogP contribution in [0.3, 0.4) is 0 Å². The molecular weight excluding hydrogens is 252 g/mol. The summed E-state index contributed by atoms with van der Waals surface area (Å²) in [4.78, 5) is 19.8. The summed E-state index contributed by atoms with van der Waals surface area (Å²) < 4.78 is 5.30. The van der Waals surface area contributed by atoms with Gasteiger partial charge >= 0.3 is 0 Å². The number of ether oxygens (including phenoxy) is 1. The average molecular weight is 268 g/mol. The number of ketones is 1. The normalized spacial score (nSPS) is 10.1. The first-order valence-electron chi connectivity index (χ1n) is 6.37. The molecule has 1 aromatic heterocycles. The molecular formula is C16H16N2O2. The van der Waals surface area contributed by atoms with Gasteiger partial charge in [-0.05, 0) is 13.8 Å². The fraction of sp³-hybridized carbons (Fsp3) is 0.188. The predicted octanol–water partition coefficient (Wildman–Crippen LogP) is 3.35. The van der Waals surface area contributed by atoms with E-state index in [-0.39, 0.29) is 5.78 Å².